The summed E-state index contributed by atoms with van der Waals surface area (Å²) in [6.45, 7) is 8.43. The zero-order valence-electron chi connectivity index (χ0n) is 13.7. The average molecular weight is 309 g/mol. The fourth-order valence-corrected chi connectivity index (χ4v) is 2.61. The van der Waals surface area contributed by atoms with Crippen LogP contribution >= 0.6 is 0 Å². The maximum atomic E-state index is 4.62. The molecule has 2 aromatic heterocycles. The topological polar surface area (TPSA) is 45.5 Å². The Kier molecular flexibility index (Phi) is 4.88. The van der Waals surface area contributed by atoms with Crippen LogP contribution < -0.4 is 5.32 Å². The van der Waals surface area contributed by atoms with Crippen molar-refractivity contribution in [2.45, 2.75) is 13.8 Å². The number of imidazole rings is 1. The standard InChI is InChI=1S/C18H23N5/c1-3-22(4-2)13-12-19-17-10-11-18-20-16(14-23(18)21-17)15-8-6-5-7-9-15/h5-11,14H,3-4,12-13H2,1-2H3,(H,19,21). The lowest BCUT2D eigenvalue weighted by Gasteiger charge is -2.18. The molecule has 2 heterocycles. The van der Waals surface area contributed by atoms with E-state index in [0.29, 0.717) is 0 Å². The van der Waals surface area contributed by atoms with Crippen LogP contribution in [0.4, 0.5) is 5.82 Å². The third-order valence-electron chi connectivity index (χ3n) is 4.02. The summed E-state index contributed by atoms with van der Waals surface area (Å²) < 4.78 is 1.84. The Balaban J connectivity index is 1.72. The Morgan fingerprint density at radius 3 is 2.57 bits per heavy atom. The second kappa shape index (κ2) is 7.24. The van der Waals surface area contributed by atoms with Crippen molar-refractivity contribution < 1.29 is 0 Å². The summed E-state index contributed by atoms with van der Waals surface area (Å²) in [6, 6.07) is 14.2. The van der Waals surface area contributed by atoms with Crippen LogP contribution in [0, 0.1) is 0 Å². The van der Waals surface area contributed by atoms with E-state index in [1.54, 1.807) is 0 Å². The van der Waals surface area contributed by atoms with E-state index < -0.39 is 0 Å². The van der Waals surface area contributed by atoms with E-state index in [-0.39, 0.29) is 0 Å². The van der Waals surface area contributed by atoms with Gasteiger partial charge in [0.15, 0.2) is 5.65 Å². The first kappa shape index (κ1) is 15.5. The predicted molar refractivity (Wildman–Crippen MR) is 94.7 cm³/mol. The maximum absolute atomic E-state index is 4.62. The Labute approximate surface area is 137 Å². The second-order valence-corrected chi connectivity index (χ2v) is 5.47. The number of rotatable bonds is 7. The molecule has 0 spiro atoms. The van der Waals surface area contributed by atoms with E-state index in [0.717, 1.165) is 48.9 Å². The number of anilines is 1. The smallest absolute Gasteiger partial charge is 0.154 e. The molecule has 0 aliphatic carbocycles. The molecule has 5 heteroatoms. The van der Waals surface area contributed by atoms with Crippen LogP contribution in [0.15, 0.2) is 48.7 Å². The number of nitrogens with one attached hydrogen (secondary N) is 1. The van der Waals surface area contributed by atoms with Gasteiger partial charge in [0.1, 0.15) is 5.82 Å². The summed E-state index contributed by atoms with van der Waals surface area (Å²) in [4.78, 5) is 7.01. The molecule has 23 heavy (non-hydrogen) atoms. The first-order valence-electron chi connectivity index (χ1n) is 8.18. The zero-order chi connectivity index (χ0) is 16.1. The van der Waals surface area contributed by atoms with Gasteiger partial charge in [0.05, 0.1) is 11.9 Å². The summed E-state index contributed by atoms with van der Waals surface area (Å²) in [5.74, 6) is 0.877. The minimum absolute atomic E-state index is 0.859. The van der Waals surface area contributed by atoms with Crippen LogP contribution in [0.5, 0.6) is 0 Å². The van der Waals surface area contributed by atoms with Crippen LogP contribution in [0.25, 0.3) is 16.9 Å². The minimum Gasteiger partial charge on any atom is -0.367 e. The van der Waals surface area contributed by atoms with Crippen molar-refractivity contribution >= 4 is 11.5 Å². The van der Waals surface area contributed by atoms with Gasteiger partial charge >= 0.3 is 0 Å². The van der Waals surface area contributed by atoms with Crippen LogP contribution in [0.2, 0.25) is 0 Å². The van der Waals surface area contributed by atoms with E-state index in [4.69, 9.17) is 0 Å². The number of nitrogens with zero attached hydrogens (tertiary/aromatic N) is 4. The van der Waals surface area contributed by atoms with Gasteiger partial charge in [-0.2, -0.15) is 0 Å². The number of benzene rings is 1. The van der Waals surface area contributed by atoms with Gasteiger partial charge in [0.25, 0.3) is 0 Å². The Hall–Kier alpha value is -2.40. The molecular weight excluding hydrogens is 286 g/mol. The Morgan fingerprint density at radius 1 is 1.04 bits per heavy atom. The molecule has 1 N–H and O–H groups in total. The third-order valence-corrected chi connectivity index (χ3v) is 4.02. The van der Waals surface area contributed by atoms with E-state index in [9.17, 15) is 0 Å². The third kappa shape index (κ3) is 3.68. The molecule has 0 fully saturated rings. The molecule has 120 valence electrons. The molecule has 0 amide bonds. The lowest BCUT2D eigenvalue weighted by Crippen LogP contribution is -2.28. The van der Waals surface area contributed by atoms with Crippen molar-refractivity contribution in [2.24, 2.45) is 0 Å². The minimum atomic E-state index is 0.859. The molecule has 0 saturated carbocycles. The highest BCUT2D eigenvalue weighted by Gasteiger charge is 2.06. The van der Waals surface area contributed by atoms with Crippen molar-refractivity contribution in [1.29, 1.82) is 0 Å². The Morgan fingerprint density at radius 2 is 1.83 bits per heavy atom. The predicted octanol–water partition coefficient (Wildman–Crippen LogP) is 3.15. The first-order valence-corrected chi connectivity index (χ1v) is 8.18. The summed E-state index contributed by atoms with van der Waals surface area (Å²) in [5.41, 5.74) is 2.91. The van der Waals surface area contributed by atoms with E-state index in [1.165, 1.54) is 0 Å². The van der Waals surface area contributed by atoms with Crippen LogP contribution in [0.1, 0.15) is 13.8 Å². The lowest BCUT2D eigenvalue weighted by atomic mass is 10.2. The fourth-order valence-electron chi connectivity index (χ4n) is 2.61. The molecule has 0 radical (unpaired) electrons. The highest BCUT2D eigenvalue weighted by molar-refractivity contribution is 5.62. The van der Waals surface area contributed by atoms with Crippen molar-refractivity contribution in [3.05, 3.63) is 48.7 Å². The highest BCUT2D eigenvalue weighted by atomic mass is 15.3. The van der Waals surface area contributed by atoms with E-state index in [2.05, 4.69) is 46.3 Å². The molecule has 0 bridgehead atoms. The molecule has 5 nitrogen and oxygen atoms in total. The quantitative estimate of drug-likeness (QED) is 0.728. The molecule has 0 saturated heterocycles. The second-order valence-electron chi connectivity index (χ2n) is 5.47. The van der Waals surface area contributed by atoms with Crippen molar-refractivity contribution in [3.8, 4) is 11.3 Å². The lowest BCUT2D eigenvalue weighted by molar-refractivity contribution is 0.316. The van der Waals surface area contributed by atoms with Gasteiger partial charge in [0.2, 0.25) is 0 Å². The normalized spacial score (nSPS) is 11.3. The maximum Gasteiger partial charge on any atom is 0.154 e. The van der Waals surface area contributed by atoms with Crippen LogP contribution in [-0.2, 0) is 0 Å². The largest absolute Gasteiger partial charge is 0.367 e. The molecule has 3 aromatic rings. The molecule has 0 unspecified atom stereocenters. The molecular formula is C18H23N5. The van der Waals surface area contributed by atoms with Gasteiger partial charge in [-0.15, -0.1) is 5.10 Å². The van der Waals surface area contributed by atoms with Gasteiger partial charge in [0, 0.05) is 18.7 Å². The van der Waals surface area contributed by atoms with Crippen molar-refractivity contribution in [3.63, 3.8) is 0 Å². The van der Waals surface area contributed by atoms with E-state index >= 15 is 0 Å². The highest BCUT2D eigenvalue weighted by Crippen LogP contribution is 2.18. The average Bonchev–Trinajstić information content (AvgIpc) is 3.03. The molecule has 0 aliphatic rings. The number of aromatic nitrogens is 3. The van der Waals surface area contributed by atoms with Gasteiger partial charge in [-0.25, -0.2) is 9.50 Å². The van der Waals surface area contributed by atoms with Gasteiger partial charge in [-0.05, 0) is 25.2 Å². The zero-order valence-corrected chi connectivity index (χ0v) is 13.7. The summed E-state index contributed by atoms with van der Waals surface area (Å²) in [6.07, 6.45) is 1.97. The number of hydrogen-bond donors (Lipinski definition) is 1. The molecule has 0 aliphatic heterocycles. The van der Waals surface area contributed by atoms with E-state index in [1.807, 2.05) is 41.0 Å². The fraction of sp³-hybridized carbons (Fsp3) is 0.333. The van der Waals surface area contributed by atoms with Gasteiger partial charge < -0.3 is 10.2 Å². The Bertz CT molecular complexity index is 746. The van der Waals surface area contributed by atoms with Crippen LogP contribution in [-0.4, -0.2) is 45.7 Å². The first-order chi connectivity index (χ1) is 11.3. The van der Waals surface area contributed by atoms with Gasteiger partial charge in [-0.1, -0.05) is 44.2 Å². The molecule has 1 aromatic carbocycles. The van der Waals surface area contributed by atoms with Crippen LogP contribution in [0.3, 0.4) is 0 Å². The monoisotopic (exact) mass is 309 g/mol. The number of likely N-dealkylation sites (N-methyl/N-ethyl adjacent to an activating group) is 1. The summed E-state index contributed by atoms with van der Waals surface area (Å²) in [5, 5.41) is 7.98. The SMILES string of the molecule is CCN(CC)CCNc1ccc2nc(-c3ccccc3)cn2n1. The molecule has 3 rings (SSSR count). The number of fused-ring (bicyclic) bond motifs is 1. The number of hydrogen-bond acceptors (Lipinski definition) is 4. The summed E-state index contributed by atoms with van der Waals surface area (Å²) in [7, 11) is 0. The van der Waals surface area contributed by atoms with Crippen molar-refractivity contribution in [1.82, 2.24) is 19.5 Å². The van der Waals surface area contributed by atoms with Gasteiger partial charge in [-0.3, -0.25) is 0 Å². The molecule has 0 atom stereocenters. The summed E-state index contributed by atoms with van der Waals surface area (Å²) >= 11 is 0. The van der Waals surface area contributed by atoms with Crippen molar-refractivity contribution in [2.75, 3.05) is 31.5 Å².